The number of aryl methyl sites for hydroxylation is 1. The molecule has 0 aliphatic carbocycles. The SMILES string of the molecule is CCc1ncnc(N2CC3CN(c4ccccc4)CC3C2)c1F. The van der Waals surface area contributed by atoms with Crippen molar-refractivity contribution in [2.75, 3.05) is 36.0 Å². The molecule has 2 saturated heterocycles. The third-order valence-corrected chi connectivity index (χ3v) is 5.09. The van der Waals surface area contributed by atoms with E-state index in [0.717, 1.165) is 26.2 Å². The highest BCUT2D eigenvalue weighted by molar-refractivity contribution is 5.49. The fraction of sp³-hybridized carbons (Fsp3) is 0.444. The van der Waals surface area contributed by atoms with Gasteiger partial charge in [-0.25, -0.2) is 14.4 Å². The van der Waals surface area contributed by atoms with Gasteiger partial charge in [-0.15, -0.1) is 0 Å². The lowest BCUT2D eigenvalue weighted by molar-refractivity contribution is 0.533. The molecule has 2 aliphatic rings. The Morgan fingerprint density at radius 2 is 1.65 bits per heavy atom. The molecule has 2 aromatic rings. The van der Waals surface area contributed by atoms with Gasteiger partial charge < -0.3 is 9.80 Å². The van der Waals surface area contributed by atoms with Crippen molar-refractivity contribution in [1.29, 1.82) is 0 Å². The van der Waals surface area contributed by atoms with Gasteiger partial charge in [-0.2, -0.15) is 0 Å². The van der Waals surface area contributed by atoms with Crippen molar-refractivity contribution in [3.8, 4) is 0 Å². The normalized spacial score (nSPS) is 23.4. The predicted octanol–water partition coefficient (Wildman–Crippen LogP) is 2.75. The number of rotatable bonds is 3. The van der Waals surface area contributed by atoms with E-state index in [1.54, 1.807) is 0 Å². The zero-order valence-electron chi connectivity index (χ0n) is 13.3. The molecule has 2 unspecified atom stereocenters. The van der Waals surface area contributed by atoms with Crippen LogP contribution in [0.2, 0.25) is 0 Å². The molecule has 0 amide bonds. The third kappa shape index (κ3) is 2.54. The Bertz CT molecular complexity index is 677. The van der Waals surface area contributed by atoms with Crippen molar-refractivity contribution in [3.63, 3.8) is 0 Å². The number of aromatic nitrogens is 2. The molecule has 1 aromatic carbocycles. The predicted molar refractivity (Wildman–Crippen MR) is 89.2 cm³/mol. The molecule has 23 heavy (non-hydrogen) atoms. The molecule has 1 aromatic heterocycles. The van der Waals surface area contributed by atoms with Crippen molar-refractivity contribution >= 4 is 11.5 Å². The topological polar surface area (TPSA) is 32.3 Å². The molecule has 0 N–H and O–H groups in total. The Morgan fingerprint density at radius 1 is 1.00 bits per heavy atom. The lowest BCUT2D eigenvalue weighted by Crippen LogP contribution is -2.30. The number of halogens is 1. The average molecular weight is 312 g/mol. The average Bonchev–Trinajstić information content (AvgIpc) is 3.15. The van der Waals surface area contributed by atoms with Crippen LogP contribution in [0.15, 0.2) is 36.7 Å². The maximum atomic E-state index is 14.5. The Morgan fingerprint density at radius 3 is 2.30 bits per heavy atom. The van der Waals surface area contributed by atoms with Crippen LogP contribution in [-0.4, -0.2) is 36.1 Å². The van der Waals surface area contributed by atoms with Gasteiger partial charge >= 0.3 is 0 Å². The van der Waals surface area contributed by atoms with E-state index in [1.165, 1.54) is 12.0 Å². The number of para-hydroxylation sites is 1. The summed E-state index contributed by atoms with van der Waals surface area (Å²) in [6.45, 7) is 5.76. The summed E-state index contributed by atoms with van der Waals surface area (Å²) < 4.78 is 14.5. The van der Waals surface area contributed by atoms with Gasteiger partial charge in [0.25, 0.3) is 0 Å². The summed E-state index contributed by atoms with van der Waals surface area (Å²) in [6.07, 6.45) is 2.09. The monoisotopic (exact) mass is 312 g/mol. The van der Waals surface area contributed by atoms with Crippen LogP contribution in [0, 0.1) is 17.7 Å². The van der Waals surface area contributed by atoms with E-state index in [9.17, 15) is 4.39 Å². The maximum Gasteiger partial charge on any atom is 0.187 e. The highest BCUT2D eigenvalue weighted by Crippen LogP contribution is 2.36. The van der Waals surface area contributed by atoms with Gasteiger partial charge in [0.1, 0.15) is 6.33 Å². The van der Waals surface area contributed by atoms with Crippen LogP contribution >= 0.6 is 0 Å². The Balaban J connectivity index is 1.49. The number of fused-ring (bicyclic) bond motifs is 1. The first-order valence-electron chi connectivity index (χ1n) is 8.30. The number of hydrogen-bond donors (Lipinski definition) is 0. The van der Waals surface area contributed by atoms with Crippen molar-refractivity contribution in [3.05, 3.63) is 48.2 Å². The quantitative estimate of drug-likeness (QED) is 0.872. The summed E-state index contributed by atoms with van der Waals surface area (Å²) >= 11 is 0. The second kappa shape index (κ2) is 5.80. The van der Waals surface area contributed by atoms with Crippen molar-refractivity contribution in [2.45, 2.75) is 13.3 Å². The molecule has 0 radical (unpaired) electrons. The van der Waals surface area contributed by atoms with Crippen LogP contribution in [0.1, 0.15) is 12.6 Å². The second-order valence-electron chi connectivity index (χ2n) is 6.48. The van der Waals surface area contributed by atoms with E-state index < -0.39 is 0 Å². The van der Waals surface area contributed by atoms with E-state index >= 15 is 0 Å². The molecule has 3 heterocycles. The summed E-state index contributed by atoms with van der Waals surface area (Å²) in [4.78, 5) is 12.8. The first-order valence-corrected chi connectivity index (χ1v) is 8.30. The maximum absolute atomic E-state index is 14.5. The summed E-state index contributed by atoms with van der Waals surface area (Å²) in [5.74, 6) is 1.40. The van der Waals surface area contributed by atoms with Gasteiger partial charge in [0.2, 0.25) is 0 Å². The van der Waals surface area contributed by atoms with Crippen LogP contribution in [0.4, 0.5) is 15.9 Å². The zero-order valence-corrected chi connectivity index (χ0v) is 13.3. The Kier molecular flexibility index (Phi) is 3.63. The molecule has 0 saturated carbocycles. The fourth-order valence-electron chi connectivity index (χ4n) is 3.88. The number of benzene rings is 1. The highest BCUT2D eigenvalue weighted by Gasteiger charge is 2.41. The van der Waals surface area contributed by atoms with E-state index in [2.05, 4.69) is 44.0 Å². The largest absolute Gasteiger partial charge is 0.371 e. The summed E-state index contributed by atoms with van der Waals surface area (Å²) in [7, 11) is 0. The van der Waals surface area contributed by atoms with Gasteiger partial charge in [0.05, 0.1) is 5.69 Å². The fourth-order valence-corrected chi connectivity index (χ4v) is 3.88. The van der Waals surface area contributed by atoms with E-state index in [0.29, 0.717) is 29.8 Å². The molecule has 0 spiro atoms. The van der Waals surface area contributed by atoms with E-state index in [-0.39, 0.29) is 5.82 Å². The van der Waals surface area contributed by atoms with Crippen molar-refractivity contribution in [2.24, 2.45) is 11.8 Å². The number of anilines is 2. The summed E-state index contributed by atoms with van der Waals surface area (Å²) in [6, 6.07) is 10.5. The summed E-state index contributed by atoms with van der Waals surface area (Å²) in [5.41, 5.74) is 1.80. The molecule has 4 rings (SSSR count). The van der Waals surface area contributed by atoms with Gasteiger partial charge in [0, 0.05) is 43.7 Å². The molecule has 2 aliphatic heterocycles. The van der Waals surface area contributed by atoms with Gasteiger partial charge in [-0.1, -0.05) is 25.1 Å². The molecular weight excluding hydrogens is 291 g/mol. The first kappa shape index (κ1) is 14.4. The van der Waals surface area contributed by atoms with Crippen molar-refractivity contribution < 1.29 is 4.39 Å². The minimum absolute atomic E-state index is 0.241. The van der Waals surface area contributed by atoms with Crippen molar-refractivity contribution in [1.82, 2.24) is 9.97 Å². The summed E-state index contributed by atoms with van der Waals surface area (Å²) in [5, 5.41) is 0. The second-order valence-corrected chi connectivity index (χ2v) is 6.48. The molecule has 2 atom stereocenters. The zero-order chi connectivity index (χ0) is 15.8. The van der Waals surface area contributed by atoms with Gasteiger partial charge in [-0.05, 0) is 18.6 Å². The van der Waals surface area contributed by atoms with E-state index in [4.69, 9.17) is 0 Å². The van der Waals surface area contributed by atoms with Crippen LogP contribution in [0.3, 0.4) is 0 Å². The molecule has 0 bridgehead atoms. The van der Waals surface area contributed by atoms with Crippen LogP contribution in [-0.2, 0) is 6.42 Å². The lowest BCUT2D eigenvalue weighted by Gasteiger charge is -2.24. The smallest absolute Gasteiger partial charge is 0.187 e. The van der Waals surface area contributed by atoms with Gasteiger partial charge in [0.15, 0.2) is 11.6 Å². The standard InChI is InChI=1S/C18H21FN4/c1-2-16-17(19)18(21-12-20-16)23-10-13-8-22(9-14(13)11-23)15-6-4-3-5-7-15/h3-7,12-14H,2,8-11H2,1H3. The molecule has 5 heteroatoms. The highest BCUT2D eigenvalue weighted by atomic mass is 19.1. The molecule has 4 nitrogen and oxygen atoms in total. The number of hydrogen-bond acceptors (Lipinski definition) is 4. The van der Waals surface area contributed by atoms with Crippen LogP contribution < -0.4 is 9.80 Å². The number of nitrogens with zero attached hydrogens (tertiary/aromatic N) is 4. The van der Waals surface area contributed by atoms with Crippen LogP contribution in [0.25, 0.3) is 0 Å². The van der Waals surface area contributed by atoms with Crippen LogP contribution in [0.5, 0.6) is 0 Å². The molecule has 2 fully saturated rings. The minimum Gasteiger partial charge on any atom is -0.371 e. The Hall–Kier alpha value is -2.17. The Labute approximate surface area is 136 Å². The van der Waals surface area contributed by atoms with Gasteiger partial charge in [-0.3, -0.25) is 0 Å². The molecule has 120 valence electrons. The van der Waals surface area contributed by atoms with E-state index in [1.807, 2.05) is 13.0 Å². The first-order chi connectivity index (χ1) is 11.3. The minimum atomic E-state index is -0.241. The molecular formula is C18H21FN4. The lowest BCUT2D eigenvalue weighted by atomic mass is 10.0. The third-order valence-electron chi connectivity index (χ3n) is 5.09.